The first-order valence-corrected chi connectivity index (χ1v) is 20.3. The molecule has 1 atom stereocenters. The summed E-state index contributed by atoms with van der Waals surface area (Å²) in [5.74, 6) is 0.169. The predicted molar refractivity (Wildman–Crippen MR) is 231 cm³/mol. The maximum absolute atomic E-state index is 12.9. The highest BCUT2D eigenvalue weighted by Crippen LogP contribution is 2.39. The SMILES string of the molecule is CN(CCCCC(=O)Nc1ccc(CCNC[C@H](O)c2ccc(O)c3[nH]c(=O)ccc23)cc1)C(=O)CCN1CCC(c2cccc(-c3ccccc3)c2NC(=O)O)CC1. The smallest absolute Gasteiger partial charge is 0.409 e. The number of H-pyrrole nitrogens is 1. The van der Waals surface area contributed by atoms with E-state index >= 15 is 0 Å². The molecule has 0 radical (unpaired) electrons. The Kier molecular flexibility index (Phi) is 14.9. The maximum Gasteiger partial charge on any atom is 0.409 e. The van der Waals surface area contributed by atoms with Gasteiger partial charge in [-0.15, -0.1) is 0 Å². The lowest BCUT2D eigenvalue weighted by Crippen LogP contribution is -2.37. The van der Waals surface area contributed by atoms with Crippen LogP contribution in [0.5, 0.6) is 5.75 Å². The number of aromatic nitrogens is 1. The summed E-state index contributed by atoms with van der Waals surface area (Å²) in [6.07, 6.45) is 2.72. The second-order valence-electron chi connectivity index (χ2n) is 15.2. The Balaban J connectivity index is 0.845. The van der Waals surface area contributed by atoms with Crippen LogP contribution in [0.2, 0.25) is 0 Å². The number of piperidine rings is 1. The molecule has 0 bridgehead atoms. The molecule has 13 heteroatoms. The van der Waals surface area contributed by atoms with E-state index in [1.807, 2.05) is 79.8 Å². The number of para-hydroxylation sites is 1. The number of carboxylic acid groups (broad SMARTS) is 1. The number of hydrogen-bond acceptors (Lipinski definition) is 8. The lowest BCUT2D eigenvalue weighted by atomic mass is 9.86. The second-order valence-corrected chi connectivity index (χ2v) is 15.2. The molecule has 13 nitrogen and oxygen atoms in total. The van der Waals surface area contributed by atoms with E-state index in [2.05, 4.69) is 25.8 Å². The number of nitrogens with one attached hydrogen (secondary N) is 4. The number of carbonyl (C=O) groups excluding carboxylic acids is 2. The predicted octanol–water partition coefficient (Wildman–Crippen LogP) is 6.69. The molecular formula is C46H54N6O7. The first kappa shape index (κ1) is 42.6. The van der Waals surface area contributed by atoms with Crippen LogP contribution in [0.25, 0.3) is 22.0 Å². The van der Waals surface area contributed by atoms with Gasteiger partial charge in [-0.3, -0.25) is 19.7 Å². The molecule has 1 aliphatic heterocycles. The molecule has 0 spiro atoms. The number of nitrogens with zero attached hydrogens (tertiary/aromatic N) is 2. The van der Waals surface area contributed by atoms with Crippen LogP contribution in [0.3, 0.4) is 0 Å². The number of amides is 3. The van der Waals surface area contributed by atoms with Gasteiger partial charge in [-0.2, -0.15) is 0 Å². The zero-order valence-corrected chi connectivity index (χ0v) is 33.5. The molecular weight excluding hydrogens is 749 g/mol. The standard InChI is InChI=1S/C46H54N6O7/c1-51(43(57)24-29-52-27-22-33(23-28-52)36-11-7-10-35(44(36)50-46(58)59)32-8-3-2-4-9-32)26-6-5-12-41(55)48-34-15-13-31(14-16-34)21-25-47-30-40(54)37-17-19-39(53)45-38(37)18-20-42(56)49-45/h2-4,7-11,13-20,33,40,47,50,53-54H,5-6,12,21-30H2,1H3,(H,48,55)(H,49,56)(H,58,59)/t40-/m0/s1. The van der Waals surface area contributed by atoms with Crippen LogP contribution in [0.4, 0.5) is 16.2 Å². The zero-order valence-electron chi connectivity index (χ0n) is 33.5. The fraction of sp³-hybridized carbons (Fsp3) is 0.348. The number of benzene rings is 4. The number of phenolic OH excluding ortho intramolecular Hbond substituents is 1. The lowest BCUT2D eigenvalue weighted by Gasteiger charge is -2.33. The summed E-state index contributed by atoms with van der Waals surface area (Å²) in [7, 11) is 1.81. The summed E-state index contributed by atoms with van der Waals surface area (Å²) in [4.78, 5) is 55.7. The summed E-state index contributed by atoms with van der Waals surface area (Å²) in [5.41, 5.74) is 5.86. The number of hydrogen-bond donors (Lipinski definition) is 7. The van der Waals surface area contributed by atoms with Gasteiger partial charge < -0.3 is 40.7 Å². The Hall–Kier alpha value is -6.02. The number of fused-ring (bicyclic) bond motifs is 1. The van der Waals surface area contributed by atoms with Gasteiger partial charge in [0.05, 0.1) is 17.3 Å². The summed E-state index contributed by atoms with van der Waals surface area (Å²) >= 11 is 0. The molecule has 6 rings (SSSR count). The van der Waals surface area contributed by atoms with Gasteiger partial charge in [0.2, 0.25) is 17.4 Å². The monoisotopic (exact) mass is 802 g/mol. The van der Waals surface area contributed by atoms with Crippen LogP contribution in [0, 0.1) is 0 Å². The van der Waals surface area contributed by atoms with Gasteiger partial charge in [0.25, 0.3) is 0 Å². The fourth-order valence-corrected chi connectivity index (χ4v) is 7.80. The normalized spacial score (nSPS) is 13.9. The summed E-state index contributed by atoms with van der Waals surface area (Å²) < 4.78 is 0. The molecule has 59 heavy (non-hydrogen) atoms. The highest BCUT2D eigenvalue weighted by molar-refractivity contribution is 5.93. The van der Waals surface area contributed by atoms with Crippen LogP contribution in [0.15, 0.2) is 102 Å². The highest BCUT2D eigenvalue weighted by Gasteiger charge is 2.25. The molecule has 0 aliphatic carbocycles. The summed E-state index contributed by atoms with van der Waals surface area (Å²) in [6, 6.07) is 29.5. The molecule has 2 heterocycles. The number of unbranched alkanes of at least 4 members (excludes halogenated alkanes) is 1. The largest absolute Gasteiger partial charge is 0.506 e. The second kappa shape index (κ2) is 20.6. The van der Waals surface area contributed by atoms with Crippen LogP contribution in [0.1, 0.15) is 67.2 Å². The van der Waals surface area contributed by atoms with Crippen molar-refractivity contribution in [2.24, 2.45) is 0 Å². The molecule has 310 valence electrons. The molecule has 0 saturated carbocycles. The molecule has 0 unspecified atom stereocenters. The Morgan fingerprint density at radius 3 is 2.39 bits per heavy atom. The number of likely N-dealkylation sites (tertiary alicyclic amines) is 1. The fourth-order valence-electron chi connectivity index (χ4n) is 7.80. The Morgan fingerprint density at radius 1 is 0.881 bits per heavy atom. The van der Waals surface area contributed by atoms with Crippen molar-refractivity contribution in [2.45, 2.75) is 57.0 Å². The molecule has 1 fully saturated rings. The molecule has 1 aliphatic rings. The van der Waals surface area contributed by atoms with E-state index in [0.29, 0.717) is 79.7 Å². The number of carbonyl (C=O) groups is 3. The molecule has 3 amide bonds. The van der Waals surface area contributed by atoms with Crippen LogP contribution < -0.4 is 21.5 Å². The van der Waals surface area contributed by atoms with Crippen molar-refractivity contribution >= 4 is 40.2 Å². The first-order valence-electron chi connectivity index (χ1n) is 20.3. The van der Waals surface area contributed by atoms with Crippen LogP contribution in [-0.4, -0.2) is 94.3 Å². The third-order valence-electron chi connectivity index (χ3n) is 11.1. The van der Waals surface area contributed by atoms with Gasteiger partial charge in [0.1, 0.15) is 5.75 Å². The third kappa shape index (κ3) is 11.8. The van der Waals surface area contributed by atoms with E-state index in [1.54, 1.807) is 17.0 Å². The van der Waals surface area contributed by atoms with Crippen molar-refractivity contribution in [3.05, 3.63) is 124 Å². The zero-order chi connectivity index (χ0) is 41.7. The quantitative estimate of drug-likeness (QED) is 0.0474. The minimum atomic E-state index is -1.08. The third-order valence-corrected chi connectivity index (χ3v) is 11.1. The molecule has 1 saturated heterocycles. The van der Waals surface area contributed by atoms with E-state index in [-0.39, 0.29) is 29.0 Å². The summed E-state index contributed by atoms with van der Waals surface area (Å²) in [6.45, 7) is 3.82. The highest BCUT2D eigenvalue weighted by atomic mass is 16.4. The average Bonchev–Trinajstić information content (AvgIpc) is 3.24. The van der Waals surface area contributed by atoms with Gasteiger partial charge in [0, 0.05) is 62.2 Å². The molecule has 7 N–H and O–H groups in total. The topological polar surface area (TPSA) is 187 Å². The first-order chi connectivity index (χ1) is 28.5. The lowest BCUT2D eigenvalue weighted by molar-refractivity contribution is -0.130. The summed E-state index contributed by atoms with van der Waals surface area (Å²) in [5, 5.41) is 40.0. The van der Waals surface area contributed by atoms with Crippen LogP contribution in [-0.2, 0) is 16.0 Å². The van der Waals surface area contributed by atoms with Crippen molar-refractivity contribution in [1.29, 1.82) is 0 Å². The maximum atomic E-state index is 12.9. The van der Waals surface area contributed by atoms with Gasteiger partial charge in [-0.05, 0) is 104 Å². The Bertz CT molecular complexity index is 2250. The molecule has 4 aromatic carbocycles. The van der Waals surface area contributed by atoms with Crippen molar-refractivity contribution in [3.63, 3.8) is 0 Å². The number of aromatic hydroxyl groups is 1. The molecule has 1 aromatic heterocycles. The van der Waals surface area contributed by atoms with E-state index in [1.165, 1.54) is 12.1 Å². The van der Waals surface area contributed by atoms with Crippen molar-refractivity contribution in [3.8, 4) is 16.9 Å². The van der Waals surface area contributed by atoms with E-state index in [4.69, 9.17) is 0 Å². The molecule has 5 aromatic rings. The van der Waals surface area contributed by atoms with E-state index in [0.717, 1.165) is 54.6 Å². The number of aliphatic hydroxyl groups excluding tert-OH is 1. The number of phenols is 1. The number of aliphatic hydroxyl groups is 1. The van der Waals surface area contributed by atoms with Crippen molar-refractivity contribution < 1.29 is 29.7 Å². The van der Waals surface area contributed by atoms with Gasteiger partial charge >= 0.3 is 6.09 Å². The average molecular weight is 803 g/mol. The van der Waals surface area contributed by atoms with E-state index in [9.17, 15) is 34.5 Å². The number of rotatable bonds is 18. The van der Waals surface area contributed by atoms with Gasteiger partial charge in [0.15, 0.2) is 0 Å². The van der Waals surface area contributed by atoms with Crippen LogP contribution >= 0.6 is 0 Å². The minimum Gasteiger partial charge on any atom is -0.506 e. The van der Waals surface area contributed by atoms with Crippen molar-refractivity contribution in [1.82, 2.24) is 20.1 Å². The number of anilines is 2. The minimum absolute atomic E-state index is 0.0490. The van der Waals surface area contributed by atoms with Gasteiger partial charge in [-0.1, -0.05) is 66.7 Å². The van der Waals surface area contributed by atoms with E-state index < -0.39 is 12.2 Å². The van der Waals surface area contributed by atoms with Crippen molar-refractivity contribution in [2.75, 3.05) is 56.9 Å². The van der Waals surface area contributed by atoms with Gasteiger partial charge in [-0.25, -0.2) is 4.79 Å². The number of pyridine rings is 1. The Morgan fingerprint density at radius 2 is 1.64 bits per heavy atom. The number of aromatic amines is 1. The Labute approximate surface area is 344 Å².